The molecule has 0 unspecified atom stereocenters. The molecule has 3 heterocycles. The summed E-state index contributed by atoms with van der Waals surface area (Å²) in [5.41, 5.74) is 3.48. The second kappa shape index (κ2) is 7.37. The molecule has 0 atom stereocenters. The minimum absolute atomic E-state index is 0.155. The second-order valence-corrected chi connectivity index (χ2v) is 8.88. The Balaban J connectivity index is 1.52. The van der Waals surface area contributed by atoms with E-state index >= 15 is 0 Å². The van der Waals surface area contributed by atoms with Crippen molar-refractivity contribution in [1.29, 1.82) is 0 Å². The first kappa shape index (κ1) is 17.4. The molecule has 1 aliphatic rings. The summed E-state index contributed by atoms with van der Waals surface area (Å²) in [5, 5.41) is 4.99. The summed E-state index contributed by atoms with van der Waals surface area (Å²) in [6, 6.07) is 11.8. The van der Waals surface area contributed by atoms with Crippen LogP contribution >= 0.6 is 22.7 Å². The van der Waals surface area contributed by atoms with Crippen molar-refractivity contribution in [3.63, 3.8) is 0 Å². The topological polar surface area (TPSA) is 55.1 Å². The molecule has 3 aromatic heterocycles. The third kappa shape index (κ3) is 3.30. The highest BCUT2D eigenvalue weighted by atomic mass is 32.1. The third-order valence-corrected chi connectivity index (χ3v) is 7.12. The number of thiazole rings is 1. The van der Waals surface area contributed by atoms with E-state index in [0.29, 0.717) is 5.76 Å². The van der Waals surface area contributed by atoms with Gasteiger partial charge in [0.2, 0.25) is 5.91 Å². The highest BCUT2D eigenvalue weighted by Gasteiger charge is 2.24. The number of furan rings is 1. The second-order valence-electron chi connectivity index (χ2n) is 6.74. The van der Waals surface area contributed by atoms with Gasteiger partial charge in [-0.05, 0) is 61.6 Å². The van der Waals surface area contributed by atoms with Gasteiger partial charge < -0.3 is 9.73 Å². The number of benzene rings is 1. The number of aryl methyl sites for hydroxylation is 1. The minimum Gasteiger partial charge on any atom is -0.465 e. The number of hydrogen-bond acceptors (Lipinski definition) is 5. The molecule has 0 fully saturated rings. The van der Waals surface area contributed by atoms with E-state index in [-0.39, 0.29) is 5.91 Å². The maximum Gasteiger partial charge on any atom is 0.249 e. The first-order chi connectivity index (χ1) is 13.8. The molecule has 0 spiro atoms. The fraction of sp³-hybridized carbons (Fsp3) is 0.182. The van der Waals surface area contributed by atoms with Gasteiger partial charge in [-0.25, -0.2) is 4.98 Å². The van der Waals surface area contributed by atoms with E-state index in [2.05, 4.69) is 11.4 Å². The smallest absolute Gasteiger partial charge is 0.249 e. The summed E-state index contributed by atoms with van der Waals surface area (Å²) < 4.78 is 6.42. The largest absolute Gasteiger partial charge is 0.465 e. The number of rotatable bonds is 4. The van der Waals surface area contributed by atoms with E-state index in [9.17, 15) is 4.79 Å². The summed E-state index contributed by atoms with van der Waals surface area (Å²) in [6.45, 7) is 0. The van der Waals surface area contributed by atoms with Crippen molar-refractivity contribution in [1.82, 2.24) is 4.98 Å². The predicted molar refractivity (Wildman–Crippen MR) is 116 cm³/mol. The van der Waals surface area contributed by atoms with E-state index in [0.717, 1.165) is 33.9 Å². The van der Waals surface area contributed by atoms with Crippen LogP contribution in [0.4, 0.5) is 5.00 Å². The number of fused-ring (bicyclic) bond motifs is 2. The molecule has 4 aromatic rings. The number of carbonyl (C=O) groups excluding carboxylic acids is 1. The Morgan fingerprint density at radius 2 is 2.00 bits per heavy atom. The molecule has 1 aliphatic carbocycles. The normalized spacial score (nSPS) is 13.9. The van der Waals surface area contributed by atoms with Crippen LogP contribution in [-0.2, 0) is 17.6 Å². The molecule has 0 saturated heterocycles. The molecule has 0 aliphatic heterocycles. The number of anilines is 1. The molecule has 0 bridgehead atoms. The van der Waals surface area contributed by atoms with Crippen molar-refractivity contribution in [2.75, 3.05) is 5.32 Å². The number of amides is 1. The fourth-order valence-electron chi connectivity index (χ4n) is 3.56. The monoisotopic (exact) mass is 406 g/mol. The zero-order valence-electron chi connectivity index (χ0n) is 15.1. The molecule has 28 heavy (non-hydrogen) atoms. The molecular formula is C22H18N2O2S2. The quantitative estimate of drug-likeness (QED) is 0.414. The molecule has 1 aromatic carbocycles. The highest BCUT2D eigenvalue weighted by Crippen LogP contribution is 2.46. The highest BCUT2D eigenvalue weighted by molar-refractivity contribution is 7.22. The van der Waals surface area contributed by atoms with Gasteiger partial charge in [0.05, 0.1) is 16.5 Å². The molecule has 5 rings (SSSR count). The van der Waals surface area contributed by atoms with E-state index in [1.165, 1.54) is 34.1 Å². The Bertz CT molecular complexity index is 1140. The number of aromatic nitrogens is 1. The van der Waals surface area contributed by atoms with E-state index in [1.54, 1.807) is 41.1 Å². The van der Waals surface area contributed by atoms with Crippen molar-refractivity contribution < 1.29 is 9.21 Å². The Hall–Kier alpha value is -2.70. The Kier molecular flexibility index (Phi) is 4.58. The van der Waals surface area contributed by atoms with E-state index < -0.39 is 0 Å². The van der Waals surface area contributed by atoms with Crippen LogP contribution < -0.4 is 5.32 Å². The predicted octanol–water partition coefficient (Wildman–Crippen LogP) is 6.15. The molecule has 140 valence electrons. The van der Waals surface area contributed by atoms with Gasteiger partial charge >= 0.3 is 0 Å². The number of para-hydroxylation sites is 1. The Labute approximate surface area is 170 Å². The first-order valence-corrected chi connectivity index (χ1v) is 10.9. The molecule has 4 nitrogen and oxygen atoms in total. The maximum absolute atomic E-state index is 12.5. The van der Waals surface area contributed by atoms with E-state index in [4.69, 9.17) is 9.40 Å². The van der Waals surface area contributed by atoms with Gasteiger partial charge in [-0.15, -0.1) is 22.7 Å². The van der Waals surface area contributed by atoms with Gasteiger partial charge in [-0.2, -0.15) is 0 Å². The third-order valence-electron chi connectivity index (χ3n) is 4.86. The van der Waals surface area contributed by atoms with Gasteiger partial charge in [-0.1, -0.05) is 12.1 Å². The molecule has 1 N–H and O–H groups in total. The van der Waals surface area contributed by atoms with Crippen LogP contribution in [0.25, 0.3) is 26.9 Å². The number of carbonyl (C=O) groups is 1. The molecule has 0 radical (unpaired) electrons. The van der Waals surface area contributed by atoms with Crippen LogP contribution in [0.2, 0.25) is 0 Å². The van der Waals surface area contributed by atoms with Crippen LogP contribution in [0.5, 0.6) is 0 Å². The fourth-order valence-corrected chi connectivity index (χ4v) is 5.96. The summed E-state index contributed by atoms with van der Waals surface area (Å²) in [5.74, 6) is 0.504. The lowest BCUT2D eigenvalue weighted by molar-refractivity contribution is -0.111. The van der Waals surface area contributed by atoms with E-state index in [1.807, 2.05) is 24.3 Å². The lowest BCUT2D eigenvalue weighted by atomic mass is 9.96. The molecule has 0 saturated carbocycles. The number of nitrogens with one attached hydrogen (secondary N) is 1. The Morgan fingerprint density at radius 1 is 1.11 bits per heavy atom. The molecule has 1 amide bonds. The van der Waals surface area contributed by atoms with Crippen LogP contribution in [0.1, 0.15) is 29.0 Å². The van der Waals surface area contributed by atoms with Crippen molar-refractivity contribution in [2.45, 2.75) is 25.7 Å². The standard InChI is InChI=1S/C22H18N2O2S2/c25-19(12-11-14-6-5-13-26-14)24-22-20(15-7-1-3-9-17(15)27-22)21-23-16-8-2-4-10-18(16)28-21/h2,4-6,8,10-13H,1,3,7,9H2,(H,24,25). The van der Waals surface area contributed by atoms with Crippen LogP contribution in [-0.4, -0.2) is 10.9 Å². The summed E-state index contributed by atoms with van der Waals surface area (Å²) in [6.07, 6.45) is 9.31. The van der Waals surface area contributed by atoms with Crippen LogP contribution in [0.3, 0.4) is 0 Å². The first-order valence-electron chi connectivity index (χ1n) is 9.31. The lowest BCUT2D eigenvalue weighted by Crippen LogP contribution is -2.07. The summed E-state index contributed by atoms with van der Waals surface area (Å²) in [4.78, 5) is 18.8. The summed E-state index contributed by atoms with van der Waals surface area (Å²) in [7, 11) is 0. The van der Waals surface area contributed by atoms with Crippen molar-refractivity contribution in [2.24, 2.45) is 0 Å². The van der Waals surface area contributed by atoms with Crippen LogP contribution in [0, 0.1) is 0 Å². The average Bonchev–Trinajstić information content (AvgIpc) is 3.43. The lowest BCUT2D eigenvalue weighted by Gasteiger charge is -2.11. The average molecular weight is 407 g/mol. The summed E-state index contributed by atoms with van der Waals surface area (Å²) >= 11 is 3.39. The van der Waals surface area contributed by atoms with Gasteiger partial charge in [0.25, 0.3) is 0 Å². The molecule has 6 heteroatoms. The molecular weight excluding hydrogens is 388 g/mol. The number of nitrogens with zero attached hydrogens (tertiary/aromatic N) is 1. The van der Waals surface area contributed by atoms with Crippen LogP contribution in [0.15, 0.2) is 53.2 Å². The van der Waals surface area contributed by atoms with Gasteiger partial charge in [0.15, 0.2) is 0 Å². The minimum atomic E-state index is -0.155. The number of hydrogen-bond donors (Lipinski definition) is 1. The Morgan fingerprint density at radius 3 is 2.86 bits per heavy atom. The SMILES string of the molecule is O=C(C=Cc1ccco1)Nc1sc2c(c1-c1nc3ccccc3s1)CCCC2. The van der Waals surface area contributed by atoms with Crippen molar-refractivity contribution in [3.8, 4) is 10.6 Å². The zero-order valence-corrected chi connectivity index (χ0v) is 16.7. The van der Waals surface area contributed by atoms with Crippen molar-refractivity contribution in [3.05, 3.63) is 64.9 Å². The maximum atomic E-state index is 12.5. The number of thiophene rings is 1. The zero-order chi connectivity index (χ0) is 18.9. The van der Waals surface area contributed by atoms with Gasteiger partial charge in [0.1, 0.15) is 15.8 Å². The van der Waals surface area contributed by atoms with Gasteiger partial charge in [-0.3, -0.25) is 4.79 Å². The van der Waals surface area contributed by atoms with Gasteiger partial charge in [0, 0.05) is 16.5 Å². The van der Waals surface area contributed by atoms with Crippen molar-refractivity contribution >= 4 is 49.9 Å².